The van der Waals surface area contributed by atoms with E-state index in [4.69, 9.17) is 13.9 Å². The number of hydrogen-bond acceptors (Lipinski definition) is 5. The first-order valence-electron chi connectivity index (χ1n) is 8.54. The third kappa shape index (κ3) is 4.39. The second kappa shape index (κ2) is 7.70. The Morgan fingerprint density at radius 2 is 2.08 bits per heavy atom. The summed E-state index contributed by atoms with van der Waals surface area (Å²) in [6.45, 7) is 4.96. The van der Waals surface area contributed by atoms with Crippen molar-refractivity contribution >= 4 is 22.8 Å². The molecule has 0 radical (unpaired) electrons. The summed E-state index contributed by atoms with van der Waals surface area (Å²) in [5.74, 6) is -0.763. The van der Waals surface area contributed by atoms with Gasteiger partial charge in [-0.1, -0.05) is 0 Å². The number of fused-ring (bicyclic) bond motifs is 1. The Bertz CT molecular complexity index is 773. The number of esters is 1. The number of benzene rings is 1. The van der Waals surface area contributed by atoms with Gasteiger partial charge in [0.25, 0.3) is 5.91 Å². The molecule has 25 heavy (non-hydrogen) atoms. The van der Waals surface area contributed by atoms with Crippen molar-refractivity contribution in [3.05, 3.63) is 35.1 Å². The van der Waals surface area contributed by atoms with Crippen LogP contribution in [0.3, 0.4) is 0 Å². The number of aryl methyl sites for hydroxylation is 2. The van der Waals surface area contributed by atoms with Crippen LogP contribution in [-0.4, -0.2) is 37.7 Å². The van der Waals surface area contributed by atoms with Gasteiger partial charge in [-0.25, -0.2) is 0 Å². The van der Waals surface area contributed by atoms with Gasteiger partial charge in [0.2, 0.25) is 0 Å². The molecule has 1 fully saturated rings. The quantitative estimate of drug-likeness (QED) is 0.814. The first-order chi connectivity index (χ1) is 12.0. The maximum atomic E-state index is 12.0. The minimum Gasteiger partial charge on any atom is -0.464 e. The van der Waals surface area contributed by atoms with Crippen LogP contribution in [0.4, 0.5) is 0 Å². The van der Waals surface area contributed by atoms with E-state index in [2.05, 4.69) is 5.32 Å². The molecule has 1 aromatic carbocycles. The molecule has 1 unspecified atom stereocenters. The lowest BCUT2D eigenvalue weighted by Crippen LogP contribution is -2.35. The van der Waals surface area contributed by atoms with Crippen molar-refractivity contribution in [3.8, 4) is 0 Å². The molecule has 1 amide bonds. The number of amides is 1. The molecule has 1 aromatic heterocycles. The van der Waals surface area contributed by atoms with Crippen LogP contribution in [-0.2, 0) is 25.5 Å². The molecule has 1 aliphatic heterocycles. The molecule has 1 atom stereocenters. The summed E-state index contributed by atoms with van der Waals surface area (Å²) < 4.78 is 16.0. The van der Waals surface area contributed by atoms with Crippen molar-refractivity contribution in [3.63, 3.8) is 0 Å². The molecule has 1 aliphatic rings. The van der Waals surface area contributed by atoms with E-state index in [0.29, 0.717) is 6.54 Å². The number of nitrogens with one attached hydrogen (secondary N) is 1. The minimum absolute atomic E-state index is 0.0728. The predicted molar refractivity (Wildman–Crippen MR) is 92.3 cm³/mol. The van der Waals surface area contributed by atoms with Crippen LogP contribution in [0.1, 0.15) is 29.5 Å². The summed E-state index contributed by atoms with van der Waals surface area (Å²) in [5, 5.41) is 3.63. The van der Waals surface area contributed by atoms with Crippen LogP contribution >= 0.6 is 0 Å². The highest BCUT2D eigenvalue weighted by molar-refractivity contribution is 5.87. The van der Waals surface area contributed by atoms with E-state index in [1.807, 2.05) is 26.0 Å². The van der Waals surface area contributed by atoms with Crippen LogP contribution in [0.25, 0.3) is 11.0 Å². The average molecular weight is 345 g/mol. The molecule has 2 heterocycles. The maximum Gasteiger partial charge on any atom is 0.310 e. The maximum absolute atomic E-state index is 12.0. The lowest BCUT2D eigenvalue weighted by atomic mass is 10.0. The molecule has 0 spiro atoms. The van der Waals surface area contributed by atoms with Gasteiger partial charge in [-0.3, -0.25) is 9.59 Å². The largest absolute Gasteiger partial charge is 0.464 e. The molecule has 0 bridgehead atoms. The van der Waals surface area contributed by atoms with E-state index in [-0.39, 0.29) is 25.0 Å². The van der Waals surface area contributed by atoms with Gasteiger partial charge in [-0.05, 0) is 49.9 Å². The Balaban J connectivity index is 1.49. The molecule has 3 rings (SSSR count). The van der Waals surface area contributed by atoms with E-state index in [1.54, 1.807) is 6.26 Å². The van der Waals surface area contributed by atoms with Crippen molar-refractivity contribution < 1.29 is 23.5 Å². The highest BCUT2D eigenvalue weighted by atomic mass is 16.5. The van der Waals surface area contributed by atoms with Gasteiger partial charge in [0.1, 0.15) is 5.58 Å². The van der Waals surface area contributed by atoms with Gasteiger partial charge in [0.15, 0.2) is 6.61 Å². The van der Waals surface area contributed by atoms with Crippen molar-refractivity contribution in [2.75, 3.05) is 19.8 Å². The fourth-order valence-electron chi connectivity index (χ4n) is 2.91. The second-order valence-electron chi connectivity index (χ2n) is 6.47. The summed E-state index contributed by atoms with van der Waals surface area (Å²) in [4.78, 5) is 23.7. The summed E-state index contributed by atoms with van der Waals surface area (Å²) in [6, 6.07) is 3.96. The molecule has 2 aromatic rings. The molecular weight excluding hydrogens is 322 g/mol. The highest BCUT2D eigenvalue weighted by Crippen LogP contribution is 2.25. The Morgan fingerprint density at radius 1 is 1.28 bits per heavy atom. The van der Waals surface area contributed by atoms with E-state index in [0.717, 1.165) is 47.1 Å². The Hall–Kier alpha value is -2.34. The fraction of sp³-hybridized carbons (Fsp3) is 0.474. The molecule has 0 saturated carbocycles. The lowest BCUT2D eigenvalue weighted by molar-refractivity contribution is -0.148. The Kier molecular flexibility index (Phi) is 5.38. The first kappa shape index (κ1) is 17.5. The van der Waals surface area contributed by atoms with Gasteiger partial charge >= 0.3 is 5.97 Å². The molecule has 6 heteroatoms. The van der Waals surface area contributed by atoms with E-state index >= 15 is 0 Å². The predicted octanol–water partition coefficient (Wildman–Crippen LogP) is 2.43. The summed E-state index contributed by atoms with van der Waals surface area (Å²) >= 11 is 0. The zero-order chi connectivity index (χ0) is 17.8. The normalized spacial score (nSPS) is 17.0. The zero-order valence-corrected chi connectivity index (χ0v) is 14.6. The highest BCUT2D eigenvalue weighted by Gasteiger charge is 2.17. The van der Waals surface area contributed by atoms with Crippen LogP contribution in [0.2, 0.25) is 0 Å². The monoisotopic (exact) mass is 345 g/mol. The van der Waals surface area contributed by atoms with Gasteiger partial charge in [0.05, 0.1) is 18.8 Å². The van der Waals surface area contributed by atoms with E-state index in [9.17, 15) is 9.59 Å². The minimum atomic E-state index is -0.451. The number of furan rings is 1. The number of rotatable bonds is 6. The third-order valence-corrected chi connectivity index (χ3v) is 4.52. The summed E-state index contributed by atoms with van der Waals surface area (Å²) in [6.07, 6.45) is 3.69. The van der Waals surface area contributed by atoms with E-state index in [1.165, 1.54) is 0 Å². The fourth-order valence-corrected chi connectivity index (χ4v) is 2.91. The zero-order valence-electron chi connectivity index (χ0n) is 14.6. The topological polar surface area (TPSA) is 77.8 Å². The molecule has 134 valence electrons. The number of ether oxygens (including phenoxy) is 2. The first-order valence-corrected chi connectivity index (χ1v) is 8.54. The standard InChI is InChI=1S/C19H23NO5/c1-12-6-16-14(10-24-17(16)7-13(12)2)8-19(22)25-11-18(21)20-9-15-4-3-5-23-15/h6-7,10,15H,3-5,8-9,11H2,1-2H3,(H,20,21). The molecule has 0 aliphatic carbocycles. The van der Waals surface area contributed by atoms with Gasteiger partial charge in [-0.2, -0.15) is 0 Å². The second-order valence-corrected chi connectivity index (χ2v) is 6.47. The molecule has 6 nitrogen and oxygen atoms in total. The van der Waals surface area contributed by atoms with Gasteiger partial charge in [-0.15, -0.1) is 0 Å². The van der Waals surface area contributed by atoms with Crippen molar-refractivity contribution in [1.82, 2.24) is 5.32 Å². The SMILES string of the molecule is Cc1cc2occ(CC(=O)OCC(=O)NCC3CCCO3)c2cc1C. The summed E-state index contributed by atoms with van der Waals surface area (Å²) in [5.41, 5.74) is 3.79. The molecule has 1 saturated heterocycles. The van der Waals surface area contributed by atoms with Gasteiger partial charge < -0.3 is 19.2 Å². The number of carbonyl (C=O) groups excluding carboxylic acids is 2. The lowest BCUT2D eigenvalue weighted by Gasteiger charge is -2.10. The number of hydrogen-bond donors (Lipinski definition) is 1. The van der Waals surface area contributed by atoms with Crippen molar-refractivity contribution in [2.24, 2.45) is 0 Å². The van der Waals surface area contributed by atoms with Crippen LogP contribution in [0, 0.1) is 13.8 Å². The molecule has 1 N–H and O–H groups in total. The van der Waals surface area contributed by atoms with Crippen molar-refractivity contribution in [2.45, 2.75) is 39.2 Å². The summed E-state index contributed by atoms with van der Waals surface area (Å²) in [7, 11) is 0. The van der Waals surface area contributed by atoms with Gasteiger partial charge in [0, 0.05) is 24.1 Å². The Labute approximate surface area is 146 Å². The molecular formula is C19H23NO5. The van der Waals surface area contributed by atoms with Crippen LogP contribution in [0.5, 0.6) is 0 Å². The van der Waals surface area contributed by atoms with Crippen LogP contribution < -0.4 is 5.32 Å². The smallest absolute Gasteiger partial charge is 0.310 e. The van der Waals surface area contributed by atoms with Crippen molar-refractivity contribution in [1.29, 1.82) is 0 Å². The number of carbonyl (C=O) groups is 2. The Morgan fingerprint density at radius 3 is 2.84 bits per heavy atom. The third-order valence-electron chi connectivity index (χ3n) is 4.52. The van der Waals surface area contributed by atoms with E-state index < -0.39 is 5.97 Å². The average Bonchev–Trinajstić information content (AvgIpc) is 3.23. The van der Waals surface area contributed by atoms with Crippen LogP contribution in [0.15, 0.2) is 22.8 Å².